The van der Waals surface area contributed by atoms with Crippen LogP contribution < -0.4 is 5.32 Å². The predicted molar refractivity (Wildman–Crippen MR) is 69.4 cm³/mol. The minimum Gasteiger partial charge on any atom is -0.314 e. The van der Waals surface area contributed by atoms with Crippen LogP contribution in [0.25, 0.3) is 0 Å². The van der Waals surface area contributed by atoms with Crippen molar-refractivity contribution in [1.82, 2.24) is 10.2 Å². The van der Waals surface area contributed by atoms with Gasteiger partial charge in [-0.2, -0.15) is 0 Å². The maximum Gasteiger partial charge on any atom is 0.00647 e. The standard InChI is InChI=1S/C13H30N2/c1-6-12(4)15(5)11-9-10-13(7-2)14-8-3/h12-14H,6-11H2,1-5H3. The van der Waals surface area contributed by atoms with E-state index in [1.54, 1.807) is 0 Å². The Bertz CT molecular complexity index is 134. The Morgan fingerprint density at radius 3 is 2.27 bits per heavy atom. The Labute approximate surface area is 96.4 Å². The fourth-order valence-corrected chi connectivity index (χ4v) is 1.86. The fraction of sp³-hybridized carbons (Fsp3) is 1.00. The number of hydrogen-bond donors (Lipinski definition) is 1. The number of rotatable bonds is 9. The third-order valence-electron chi connectivity index (χ3n) is 3.39. The molecule has 0 saturated carbocycles. The average Bonchev–Trinajstić information content (AvgIpc) is 2.26. The van der Waals surface area contributed by atoms with Gasteiger partial charge in [0, 0.05) is 12.1 Å². The molecule has 0 aromatic rings. The van der Waals surface area contributed by atoms with Gasteiger partial charge in [0.2, 0.25) is 0 Å². The van der Waals surface area contributed by atoms with Gasteiger partial charge in [0.1, 0.15) is 0 Å². The molecule has 1 N–H and O–H groups in total. The minimum atomic E-state index is 0.723. The van der Waals surface area contributed by atoms with Gasteiger partial charge in [-0.3, -0.25) is 0 Å². The van der Waals surface area contributed by atoms with E-state index < -0.39 is 0 Å². The van der Waals surface area contributed by atoms with Gasteiger partial charge in [0.25, 0.3) is 0 Å². The highest BCUT2D eigenvalue weighted by atomic mass is 15.1. The Balaban J connectivity index is 3.58. The normalized spacial score (nSPS) is 15.6. The summed E-state index contributed by atoms with van der Waals surface area (Å²) in [5.41, 5.74) is 0. The zero-order valence-corrected chi connectivity index (χ0v) is 11.3. The second-order valence-corrected chi connectivity index (χ2v) is 4.54. The molecule has 0 saturated heterocycles. The molecule has 92 valence electrons. The van der Waals surface area contributed by atoms with Crippen molar-refractivity contribution in [2.75, 3.05) is 20.1 Å². The molecule has 0 aliphatic rings. The van der Waals surface area contributed by atoms with E-state index in [4.69, 9.17) is 0 Å². The zero-order chi connectivity index (χ0) is 11.7. The van der Waals surface area contributed by atoms with E-state index in [0.29, 0.717) is 0 Å². The van der Waals surface area contributed by atoms with Crippen LogP contribution in [0.2, 0.25) is 0 Å². The van der Waals surface area contributed by atoms with E-state index in [0.717, 1.165) is 18.6 Å². The molecule has 0 aliphatic carbocycles. The first kappa shape index (κ1) is 14.9. The first-order valence-corrected chi connectivity index (χ1v) is 6.59. The predicted octanol–water partition coefficient (Wildman–Crippen LogP) is 2.89. The summed E-state index contributed by atoms with van der Waals surface area (Å²) >= 11 is 0. The van der Waals surface area contributed by atoms with E-state index in [-0.39, 0.29) is 0 Å². The monoisotopic (exact) mass is 214 g/mol. The van der Waals surface area contributed by atoms with E-state index in [2.05, 4.69) is 45.0 Å². The molecule has 0 radical (unpaired) electrons. The summed E-state index contributed by atoms with van der Waals surface area (Å²) in [7, 11) is 2.24. The Kier molecular flexibility index (Phi) is 9.12. The highest BCUT2D eigenvalue weighted by molar-refractivity contribution is 4.66. The molecule has 0 heterocycles. The molecule has 0 rings (SSSR count). The zero-order valence-electron chi connectivity index (χ0n) is 11.3. The van der Waals surface area contributed by atoms with Gasteiger partial charge in [-0.25, -0.2) is 0 Å². The summed E-state index contributed by atoms with van der Waals surface area (Å²) in [6.07, 6.45) is 5.12. The van der Waals surface area contributed by atoms with Crippen LogP contribution in [0.3, 0.4) is 0 Å². The van der Waals surface area contributed by atoms with E-state index in [1.807, 2.05) is 0 Å². The summed E-state index contributed by atoms with van der Waals surface area (Å²) in [5, 5.41) is 3.53. The van der Waals surface area contributed by atoms with Crippen molar-refractivity contribution in [1.29, 1.82) is 0 Å². The lowest BCUT2D eigenvalue weighted by Crippen LogP contribution is -2.32. The van der Waals surface area contributed by atoms with Crippen LogP contribution in [-0.4, -0.2) is 37.1 Å². The molecule has 2 heteroatoms. The van der Waals surface area contributed by atoms with Crippen molar-refractivity contribution in [3.63, 3.8) is 0 Å². The fourth-order valence-electron chi connectivity index (χ4n) is 1.86. The molecule has 0 aromatic heterocycles. The van der Waals surface area contributed by atoms with Crippen molar-refractivity contribution < 1.29 is 0 Å². The van der Waals surface area contributed by atoms with Crippen LogP contribution in [0.1, 0.15) is 53.4 Å². The second kappa shape index (κ2) is 9.17. The highest BCUT2D eigenvalue weighted by Crippen LogP contribution is 2.06. The van der Waals surface area contributed by atoms with Crippen LogP contribution in [0.4, 0.5) is 0 Å². The number of hydrogen-bond acceptors (Lipinski definition) is 2. The smallest absolute Gasteiger partial charge is 0.00647 e. The maximum atomic E-state index is 3.53. The summed E-state index contributed by atoms with van der Waals surface area (Å²) in [4.78, 5) is 2.47. The summed E-state index contributed by atoms with van der Waals surface area (Å²) in [6.45, 7) is 11.4. The van der Waals surface area contributed by atoms with Crippen LogP contribution in [0.5, 0.6) is 0 Å². The lowest BCUT2D eigenvalue weighted by Gasteiger charge is -2.24. The van der Waals surface area contributed by atoms with Crippen molar-refractivity contribution >= 4 is 0 Å². The van der Waals surface area contributed by atoms with Gasteiger partial charge in [0.05, 0.1) is 0 Å². The van der Waals surface area contributed by atoms with Gasteiger partial charge in [-0.05, 0) is 52.7 Å². The van der Waals surface area contributed by atoms with Crippen LogP contribution in [-0.2, 0) is 0 Å². The summed E-state index contributed by atoms with van der Waals surface area (Å²) in [6, 6.07) is 1.45. The van der Waals surface area contributed by atoms with E-state index in [9.17, 15) is 0 Å². The van der Waals surface area contributed by atoms with Crippen LogP contribution in [0, 0.1) is 0 Å². The first-order chi connectivity index (χ1) is 7.15. The number of nitrogens with zero attached hydrogens (tertiary/aromatic N) is 1. The molecule has 0 aliphatic heterocycles. The van der Waals surface area contributed by atoms with Crippen LogP contribution in [0.15, 0.2) is 0 Å². The van der Waals surface area contributed by atoms with Gasteiger partial charge in [-0.1, -0.05) is 20.8 Å². The molecule has 0 amide bonds. The number of nitrogens with one attached hydrogen (secondary N) is 1. The average molecular weight is 214 g/mol. The molecule has 15 heavy (non-hydrogen) atoms. The van der Waals surface area contributed by atoms with Crippen molar-refractivity contribution in [2.45, 2.75) is 65.5 Å². The van der Waals surface area contributed by atoms with Crippen molar-refractivity contribution in [2.24, 2.45) is 0 Å². The second-order valence-electron chi connectivity index (χ2n) is 4.54. The van der Waals surface area contributed by atoms with E-state index >= 15 is 0 Å². The van der Waals surface area contributed by atoms with Gasteiger partial charge in [0.15, 0.2) is 0 Å². The molecule has 2 unspecified atom stereocenters. The molecule has 0 spiro atoms. The largest absolute Gasteiger partial charge is 0.314 e. The van der Waals surface area contributed by atoms with E-state index in [1.165, 1.54) is 32.2 Å². The molecule has 2 atom stereocenters. The summed E-state index contributed by atoms with van der Waals surface area (Å²) < 4.78 is 0. The molecular formula is C13H30N2. The Hall–Kier alpha value is -0.0800. The first-order valence-electron chi connectivity index (χ1n) is 6.59. The molecule has 0 aromatic carbocycles. The third-order valence-corrected chi connectivity index (χ3v) is 3.39. The Morgan fingerprint density at radius 2 is 1.80 bits per heavy atom. The molecule has 2 nitrogen and oxygen atoms in total. The molecule has 0 bridgehead atoms. The van der Waals surface area contributed by atoms with Crippen molar-refractivity contribution in [3.05, 3.63) is 0 Å². The maximum absolute atomic E-state index is 3.53. The summed E-state index contributed by atoms with van der Waals surface area (Å²) in [5.74, 6) is 0. The minimum absolute atomic E-state index is 0.723. The highest BCUT2D eigenvalue weighted by Gasteiger charge is 2.08. The lowest BCUT2D eigenvalue weighted by molar-refractivity contribution is 0.242. The topological polar surface area (TPSA) is 15.3 Å². The quantitative estimate of drug-likeness (QED) is 0.635. The molecular weight excluding hydrogens is 184 g/mol. The van der Waals surface area contributed by atoms with Crippen LogP contribution >= 0.6 is 0 Å². The van der Waals surface area contributed by atoms with Gasteiger partial charge in [-0.15, -0.1) is 0 Å². The molecule has 0 fully saturated rings. The van der Waals surface area contributed by atoms with Gasteiger partial charge < -0.3 is 10.2 Å². The lowest BCUT2D eigenvalue weighted by atomic mass is 10.1. The Morgan fingerprint density at radius 1 is 1.13 bits per heavy atom. The SMILES string of the molecule is CCNC(CC)CCCN(C)C(C)CC. The van der Waals surface area contributed by atoms with Gasteiger partial charge >= 0.3 is 0 Å². The third kappa shape index (κ3) is 6.91. The van der Waals surface area contributed by atoms with Crippen molar-refractivity contribution in [3.8, 4) is 0 Å².